The molecule has 16 heavy (non-hydrogen) atoms. The fourth-order valence-corrected chi connectivity index (χ4v) is 1.77. The van der Waals surface area contributed by atoms with Crippen LogP contribution in [0.2, 0.25) is 0 Å². The van der Waals surface area contributed by atoms with Gasteiger partial charge in [0.25, 0.3) is 0 Å². The van der Waals surface area contributed by atoms with Crippen molar-refractivity contribution in [3.05, 3.63) is 34.9 Å². The smallest absolute Gasteiger partial charge is 0.127 e. The molecule has 0 aliphatic carbocycles. The van der Waals surface area contributed by atoms with E-state index in [0.29, 0.717) is 0 Å². The van der Waals surface area contributed by atoms with Crippen LogP contribution in [0.25, 0.3) is 0 Å². The zero-order valence-electron chi connectivity index (χ0n) is 10.1. The minimum Gasteiger partial charge on any atom is -0.392 e. The van der Waals surface area contributed by atoms with E-state index in [1.165, 1.54) is 19.1 Å². The summed E-state index contributed by atoms with van der Waals surface area (Å²) in [6.45, 7) is 6.93. The third kappa shape index (κ3) is 2.59. The van der Waals surface area contributed by atoms with Crippen molar-refractivity contribution in [2.24, 2.45) is 5.92 Å². The van der Waals surface area contributed by atoms with Crippen LogP contribution in [0.4, 0.5) is 8.78 Å². The van der Waals surface area contributed by atoms with Crippen LogP contribution in [0, 0.1) is 24.5 Å². The Labute approximate surface area is 95.1 Å². The minimum atomic E-state index is -0.670. The summed E-state index contributed by atoms with van der Waals surface area (Å²) in [5.74, 6) is -1.28. The molecule has 1 nitrogen and oxygen atoms in total. The van der Waals surface area contributed by atoms with Gasteiger partial charge in [-0.15, -0.1) is 0 Å². The molecule has 0 aliphatic heterocycles. The van der Waals surface area contributed by atoms with Crippen LogP contribution in [0.3, 0.4) is 0 Å². The van der Waals surface area contributed by atoms with Crippen molar-refractivity contribution < 1.29 is 13.9 Å². The first-order chi connectivity index (χ1) is 7.34. The van der Waals surface area contributed by atoms with Crippen LogP contribution < -0.4 is 0 Å². The van der Waals surface area contributed by atoms with Gasteiger partial charge >= 0.3 is 0 Å². The van der Waals surface area contributed by atoms with Gasteiger partial charge in [-0.2, -0.15) is 0 Å². The summed E-state index contributed by atoms with van der Waals surface area (Å²) in [5.41, 5.74) is 0.525. The molecule has 0 fully saturated rings. The molecular weight excluding hydrogens is 210 g/mol. The monoisotopic (exact) mass is 228 g/mol. The highest BCUT2D eigenvalue weighted by Gasteiger charge is 2.23. The van der Waals surface area contributed by atoms with E-state index in [1.807, 2.05) is 13.8 Å². The average Bonchev–Trinajstić information content (AvgIpc) is 2.21. The van der Waals surface area contributed by atoms with Crippen molar-refractivity contribution in [1.29, 1.82) is 0 Å². The van der Waals surface area contributed by atoms with Crippen molar-refractivity contribution in [2.45, 2.75) is 39.7 Å². The molecule has 0 radical (unpaired) electrons. The van der Waals surface area contributed by atoms with E-state index in [4.69, 9.17) is 0 Å². The molecule has 0 saturated heterocycles. The molecule has 0 amide bonds. The number of benzene rings is 1. The van der Waals surface area contributed by atoms with Crippen molar-refractivity contribution >= 4 is 0 Å². The third-order valence-electron chi connectivity index (χ3n) is 2.96. The molecule has 1 aromatic rings. The molecule has 0 heterocycles. The van der Waals surface area contributed by atoms with Gasteiger partial charge in [-0.3, -0.25) is 0 Å². The second kappa shape index (κ2) is 4.91. The maximum absolute atomic E-state index is 13.6. The molecule has 90 valence electrons. The first kappa shape index (κ1) is 13.1. The van der Waals surface area contributed by atoms with Crippen LogP contribution >= 0.6 is 0 Å². The molecule has 0 spiro atoms. The van der Waals surface area contributed by atoms with Crippen molar-refractivity contribution in [1.82, 2.24) is 0 Å². The second-order valence-corrected chi connectivity index (χ2v) is 4.65. The maximum atomic E-state index is 13.6. The molecular formula is C13H18F2O. The molecule has 0 aromatic heterocycles. The fourth-order valence-electron chi connectivity index (χ4n) is 1.77. The average molecular weight is 228 g/mol. The quantitative estimate of drug-likeness (QED) is 0.840. The Bertz CT molecular complexity index is 374. The molecule has 3 heteroatoms. The Balaban J connectivity index is 3.08. The van der Waals surface area contributed by atoms with E-state index in [2.05, 4.69) is 0 Å². The molecule has 2 unspecified atom stereocenters. The van der Waals surface area contributed by atoms with Gasteiger partial charge in [-0.1, -0.05) is 20.8 Å². The predicted molar refractivity (Wildman–Crippen MR) is 60.4 cm³/mol. The van der Waals surface area contributed by atoms with Crippen LogP contribution in [-0.2, 0) is 0 Å². The van der Waals surface area contributed by atoms with Gasteiger partial charge in [-0.05, 0) is 36.1 Å². The summed E-state index contributed by atoms with van der Waals surface area (Å²) in [6.07, 6.45) is -0.670. The standard InChI is InChI=1S/C13H18F2O/c1-7(2)13(16)9(4)10-6-11(14)8(3)5-12(10)15/h5-7,9,13,16H,1-4H3. The van der Waals surface area contributed by atoms with Gasteiger partial charge in [0.15, 0.2) is 0 Å². The zero-order chi connectivity index (χ0) is 12.5. The summed E-state index contributed by atoms with van der Waals surface area (Å²) < 4.78 is 27.0. The van der Waals surface area contributed by atoms with Crippen LogP contribution in [0.5, 0.6) is 0 Å². The Hall–Kier alpha value is -0.960. The minimum absolute atomic E-state index is 0.0127. The highest BCUT2D eigenvalue weighted by Crippen LogP contribution is 2.27. The molecule has 1 aromatic carbocycles. The van der Waals surface area contributed by atoms with E-state index < -0.39 is 23.7 Å². The van der Waals surface area contributed by atoms with Crippen molar-refractivity contribution in [3.8, 4) is 0 Å². The third-order valence-corrected chi connectivity index (χ3v) is 2.96. The van der Waals surface area contributed by atoms with Gasteiger partial charge in [0.1, 0.15) is 11.6 Å². The van der Waals surface area contributed by atoms with Crippen LogP contribution in [-0.4, -0.2) is 11.2 Å². The van der Waals surface area contributed by atoms with E-state index in [9.17, 15) is 13.9 Å². The number of aryl methyl sites for hydroxylation is 1. The van der Waals surface area contributed by atoms with Gasteiger partial charge in [0.05, 0.1) is 6.10 Å². The topological polar surface area (TPSA) is 20.2 Å². The second-order valence-electron chi connectivity index (χ2n) is 4.65. The predicted octanol–water partition coefficient (Wildman–Crippen LogP) is 3.39. The Kier molecular flexibility index (Phi) is 4.03. The van der Waals surface area contributed by atoms with E-state index in [-0.39, 0.29) is 17.0 Å². The van der Waals surface area contributed by atoms with Gasteiger partial charge in [0, 0.05) is 5.92 Å². The summed E-state index contributed by atoms with van der Waals surface area (Å²) in [6, 6.07) is 2.36. The molecule has 0 bridgehead atoms. The number of hydrogen-bond donors (Lipinski definition) is 1. The Morgan fingerprint density at radius 1 is 1.06 bits per heavy atom. The lowest BCUT2D eigenvalue weighted by atomic mass is 9.88. The van der Waals surface area contributed by atoms with E-state index >= 15 is 0 Å². The lowest BCUT2D eigenvalue weighted by Gasteiger charge is -2.23. The van der Waals surface area contributed by atoms with E-state index in [1.54, 1.807) is 6.92 Å². The van der Waals surface area contributed by atoms with Gasteiger partial charge in [-0.25, -0.2) is 8.78 Å². The number of halogens is 2. The normalized spacial score (nSPS) is 15.2. The molecule has 1 N–H and O–H groups in total. The Morgan fingerprint density at radius 2 is 1.62 bits per heavy atom. The maximum Gasteiger partial charge on any atom is 0.127 e. The fraction of sp³-hybridized carbons (Fsp3) is 0.538. The summed E-state index contributed by atoms with van der Waals surface area (Å²) in [5, 5.41) is 9.84. The molecule has 0 saturated carbocycles. The first-order valence-corrected chi connectivity index (χ1v) is 5.48. The number of aliphatic hydroxyl groups excluding tert-OH is 1. The van der Waals surface area contributed by atoms with Crippen molar-refractivity contribution in [2.75, 3.05) is 0 Å². The van der Waals surface area contributed by atoms with Crippen LogP contribution in [0.1, 0.15) is 37.8 Å². The van der Waals surface area contributed by atoms with E-state index in [0.717, 1.165) is 0 Å². The van der Waals surface area contributed by atoms with Crippen LogP contribution in [0.15, 0.2) is 12.1 Å². The largest absolute Gasteiger partial charge is 0.392 e. The van der Waals surface area contributed by atoms with Gasteiger partial charge < -0.3 is 5.11 Å². The summed E-state index contributed by atoms with van der Waals surface area (Å²) in [4.78, 5) is 0. The SMILES string of the molecule is Cc1cc(F)c(C(C)C(O)C(C)C)cc1F. The molecule has 1 rings (SSSR count). The van der Waals surface area contributed by atoms with Crippen molar-refractivity contribution in [3.63, 3.8) is 0 Å². The number of hydrogen-bond acceptors (Lipinski definition) is 1. The lowest BCUT2D eigenvalue weighted by Crippen LogP contribution is -2.23. The number of aliphatic hydroxyl groups is 1. The summed E-state index contributed by atoms with van der Waals surface area (Å²) >= 11 is 0. The first-order valence-electron chi connectivity index (χ1n) is 5.48. The highest BCUT2D eigenvalue weighted by atomic mass is 19.1. The Morgan fingerprint density at radius 3 is 2.12 bits per heavy atom. The lowest BCUT2D eigenvalue weighted by molar-refractivity contribution is 0.101. The summed E-state index contributed by atoms with van der Waals surface area (Å²) in [7, 11) is 0. The highest BCUT2D eigenvalue weighted by molar-refractivity contribution is 5.28. The zero-order valence-corrected chi connectivity index (χ0v) is 10.1. The number of rotatable bonds is 3. The molecule has 2 atom stereocenters. The van der Waals surface area contributed by atoms with Gasteiger partial charge in [0.2, 0.25) is 0 Å². The molecule has 0 aliphatic rings.